The third-order valence-electron chi connectivity index (χ3n) is 5.20. The minimum atomic E-state index is -0.291. The number of carbonyl (C=O) groups excluding carboxylic acids is 2. The van der Waals surface area contributed by atoms with E-state index in [9.17, 15) is 9.59 Å². The van der Waals surface area contributed by atoms with Gasteiger partial charge in [-0.05, 0) is 37.2 Å². The number of methoxy groups -OCH3 is 1. The molecule has 0 aromatic heterocycles. The van der Waals surface area contributed by atoms with Gasteiger partial charge >= 0.3 is 0 Å². The molecule has 5 heteroatoms. The molecule has 5 nitrogen and oxygen atoms in total. The number of likely N-dealkylation sites (tertiary alicyclic amines) is 2. The largest absolute Gasteiger partial charge is 0.375 e. The Labute approximate surface area is 143 Å². The van der Waals surface area contributed by atoms with Crippen molar-refractivity contribution in [2.45, 2.75) is 37.6 Å². The highest BCUT2D eigenvalue weighted by Crippen LogP contribution is 2.29. The Morgan fingerprint density at radius 3 is 2.46 bits per heavy atom. The molecule has 2 amide bonds. The van der Waals surface area contributed by atoms with Gasteiger partial charge in [-0.2, -0.15) is 0 Å². The zero-order valence-corrected chi connectivity index (χ0v) is 14.3. The van der Waals surface area contributed by atoms with E-state index in [1.807, 2.05) is 11.0 Å². The Bertz CT molecular complexity index is 567. The fourth-order valence-electron chi connectivity index (χ4n) is 3.90. The highest BCUT2D eigenvalue weighted by molar-refractivity contribution is 5.88. The standard InChI is InChI=1S/C19H26N2O3/c1-24-14-18(22)21-11-5-8-17(21)19(23)20-12-9-16(10-13-20)15-6-3-2-4-7-15/h2-4,6-7,16-17H,5,8-14H2,1H3. The molecule has 2 fully saturated rings. The summed E-state index contributed by atoms with van der Waals surface area (Å²) in [5, 5.41) is 0. The van der Waals surface area contributed by atoms with Crippen molar-refractivity contribution in [2.75, 3.05) is 33.4 Å². The highest BCUT2D eigenvalue weighted by atomic mass is 16.5. The molecule has 1 aromatic carbocycles. The van der Waals surface area contributed by atoms with E-state index < -0.39 is 0 Å². The first-order chi connectivity index (χ1) is 11.7. The van der Waals surface area contributed by atoms with Crippen molar-refractivity contribution in [1.82, 2.24) is 9.80 Å². The lowest BCUT2D eigenvalue weighted by molar-refractivity contribution is -0.146. The van der Waals surface area contributed by atoms with E-state index in [0.29, 0.717) is 12.5 Å². The van der Waals surface area contributed by atoms with Gasteiger partial charge in [-0.15, -0.1) is 0 Å². The minimum absolute atomic E-state index is 0.0554. The summed E-state index contributed by atoms with van der Waals surface area (Å²) in [4.78, 5) is 28.6. The average molecular weight is 330 g/mol. The molecular formula is C19H26N2O3. The van der Waals surface area contributed by atoms with Crippen LogP contribution in [0.25, 0.3) is 0 Å². The summed E-state index contributed by atoms with van der Waals surface area (Å²) in [6, 6.07) is 10.2. The number of benzene rings is 1. The summed E-state index contributed by atoms with van der Waals surface area (Å²) in [5.74, 6) is 0.570. The number of nitrogens with zero attached hydrogens (tertiary/aromatic N) is 2. The van der Waals surface area contributed by atoms with E-state index in [1.54, 1.807) is 4.90 Å². The molecule has 1 unspecified atom stereocenters. The number of rotatable bonds is 4. The van der Waals surface area contributed by atoms with Crippen molar-refractivity contribution in [2.24, 2.45) is 0 Å². The summed E-state index contributed by atoms with van der Waals surface area (Å²) < 4.78 is 4.94. The van der Waals surface area contributed by atoms with E-state index in [0.717, 1.165) is 38.8 Å². The predicted octanol–water partition coefficient (Wildman–Crippen LogP) is 2.03. The smallest absolute Gasteiger partial charge is 0.249 e. The number of piperidine rings is 1. The molecule has 0 aliphatic carbocycles. The van der Waals surface area contributed by atoms with Crippen molar-refractivity contribution < 1.29 is 14.3 Å². The molecule has 0 saturated carbocycles. The third kappa shape index (κ3) is 3.61. The monoisotopic (exact) mass is 330 g/mol. The zero-order chi connectivity index (χ0) is 16.9. The van der Waals surface area contributed by atoms with Crippen LogP contribution in [0, 0.1) is 0 Å². The summed E-state index contributed by atoms with van der Waals surface area (Å²) >= 11 is 0. The maximum absolute atomic E-state index is 12.9. The lowest BCUT2D eigenvalue weighted by atomic mass is 9.89. The van der Waals surface area contributed by atoms with E-state index in [2.05, 4.69) is 24.3 Å². The van der Waals surface area contributed by atoms with Crippen molar-refractivity contribution >= 4 is 11.8 Å². The van der Waals surface area contributed by atoms with Crippen LogP contribution in [0.15, 0.2) is 30.3 Å². The molecule has 2 aliphatic heterocycles. The van der Waals surface area contributed by atoms with Gasteiger partial charge < -0.3 is 14.5 Å². The Balaban J connectivity index is 1.58. The van der Waals surface area contributed by atoms with Gasteiger partial charge in [0.15, 0.2) is 0 Å². The number of amides is 2. The topological polar surface area (TPSA) is 49.9 Å². The predicted molar refractivity (Wildman–Crippen MR) is 91.6 cm³/mol. The SMILES string of the molecule is COCC(=O)N1CCCC1C(=O)N1CCC(c2ccccc2)CC1. The van der Waals surface area contributed by atoms with Gasteiger partial charge in [-0.1, -0.05) is 30.3 Å². The van der Waals surface area contributed by atoms with Crippen LogP contribution in [0.5, 0.6) is 0 Å². The quantitative estimate of drug-likeness (QED) is 0.849. The molecule has 2 saturated heterocycles. The van der Waals surface area contributed by atoms with Gasteiger partial charge in [-0.3, -0.25) is 9.59 Å². The van der Waals surface area contributed by atoms with Crippen LogP contribution in [-0.4, -0.2) is 61.0 Å². The van der Waals surface area contributed by atoms with Crippen LogP contribution in [0.3, 0.4) is 0 Å². The molecule has 0 N–H and O–H groups in total. The van der Waals surface area contributed by atoms with E-state index in [1.165, 1.54) is 12.7 Å². The number of hydrogen-bond donors (Lipinski definition) is 0. The van der Waals surface area contributed by atoms with Gasteiger partial charge in [0.2, 0.25) is 11.8 Å². The third-order valence-corrected chi connectivity index (χ3v) is 5.20. The number of hydrogen-bond acceptors (Lipinski definition) is 3. The second kappa shape index (κ2) is 7.79. The van der Waals surface area contributed by atoms with Gasteiger partial charge in [0, 0.05) is 26.7 Å². The minimum Gasteiger partial charge on any atom is -0.375 e. The molecule has 0 spiro atoms. The van der Waals surface area contributed by atoms with Crippen molar-refractivity contribution in [1.29, 1.82) is 0 Å². The zero-order valence-electron chi connectivity index (χ0n) is 14.3. The second-order valence-corrected chi connectivity index (χ2v) is 6.69. The van der Waals surface area contributed by atoms with Gasteiger partial charge in [-0.25, -0.2) is 0 Å². The first kappa shape index (κ1) is 17.0. The van der Waals surface area contributed by atoms with Gasteiger partial charge in [0.25, 0.3) is 0 Å². The fourth-order valence-corrected chi connectivity index (χ4v) is 3.90. The lowest BCUT2D eigenvalue weighted by Gasteiger charge is -2.35. The molecule has 24 heavy (non-hydrogen) atoms. The maximum atomic E-state index is 12.9. The van der Waals surface area contributed by atoms with Gasteiger partial charge in [0.1, 0.15) is 12.6 Å². The average Bonchev–Trinajstić information content (AvgIpc) is 3.12. The molecular weight excluding hydrogens is 304 g/mol. The number of ether oxygens (including phenoxy) is 1. The van der Waals surface area contributed by atoms with Crippen LogP contribution >= 0.6 is 0 Å². The molecule has 130 valence electrons. The summed E-state index contributed by atoms with van der Waals surface area (Å²) in [6.45, 7) is 2.28. The first-order valence-corrected chi connectivity index (χ1v) is 8.83. The first-order valence-electron chi connectivity index (χ1n) is 8.83. The molecule has 2 aliphatic rings. The van der Waals surface area contributed by atoms with Crippen LogP contribution in [-0.2, 0) is 14.3 Å². The van der Waals surface area contributed by atoms with Crippen LogP contribution in [0.1, 0.15) is 37.2 Å². The van der Waals surface area contributed by atoms with Crippen LogP contribution < -0.4 is 0 Å². The van der Waals surface area contributed by atoms with Crippen molar-refractivity contribution in [3.63, 3.8) is 0 Å². The fraction of sp³-hybridized carbons (Fsp3) is 0.579. The number of carbonyl (C=O) groups is 2. The molecule has 1 atom stereocenters. The summed E-state index contributed by atoms with van der Waals surface area (Å²) in [5.41, 5.74) is 1.36. The Kier molecular flexibility index (Phi) is 5.51. The molecule has 1 aromatic rings. The Morgan fingerprint density at radius 2 is 1.79 bits per heavy atom. The molecule has 2 heterocycles. The normalized spacial score (nSPS) is 22.0. The molecule has 0 bridgehead atoms. The lowest BCUT2D eigenvalue weighted by Crippen LogP contribution is -2.50. The van der Waals surface area contributed by atoms with Crippen molar-refractivity contribution in [3.05, 3.63) is 35.9 Å². The Hall–Kier alpha value is -1.88. The van der Waals surface area contributed by atoms with Crippen molar-refractivity contribution in [3.8, 4) is 0 Å². The van der Waals surface area contributed by atoms with Crippen LogP contribution in [0.4, 0.5) is 0 Å². The maximum Gasteiger partial charge on any atom is 0.249 e. The second-order valence-electron chi connectivity index (χ2n) is 6.69. The Morgan fingerprint density at radius 1 is 1.08 bits per heavy atom. The summed E-state index contributed by atoms with van der Waals surface area (Å²) in [7, 11) is 1.51. The molecule has 3 rings (SSSR count). The molecule has 0 radical (unpaired) electrons. The van der Waals surface area contributed by atoms with Gasteiger partial charge in [0.05, 0.1) is 0 Å². The highest BCUT2D eigenvalue weighted by Gasteiger charge is 2.37. The van der Waals surface area contributed by atoms with Crippen LogP contribution in [0.2, 0.25) is 0 Å². The van der Waals surface area contributed by atoms with E-state index >= 15 is 0 Å². The summed E-state index contributed by atoms with van der Waals surface area (Å²) in [6.07, 6.45) is 3.65. The van der Waals surface area contributed by atoms with E-state index in [4.69, 9.17) is 4.74 Å². The van der Waals surface area contributed by atoms with E-state index in [-0.39, 0.29) is 24.5 Å².